The number of H-pyrrole nitrogens is 1. The van der Waals surface area contributed by atoms with Gasteiger partial charge >= 0.3 is 0 Å². The monoisotopic (exact) mass is 791 g/mol. The van der Waals surface area contributed by atoms with E-state index >= 15 is 0 Å². The molecule has 0 bridgehead atoms. The number of ether oxygens (including phenoxy) is 1. The lowest BCUT2D eigenvalue weighted by molar-refractivity contribution is -0.118. The van der Waals surface area contributed by atoms with Crippen molar-refractivity contribution >= 4 is 56.0 Å². The molecule has 0 radical (unpaired) electrons. The van der Waals surface area contributed by atoms with Gasteiger partial charge in [-0.25, -0.2) is 4.98 Å². The number of hydrogen-bond acceptors (Lipinski definition) is 8. The second-order valence-corrected chi connectivity index (χ2v) is 39.4. The van der Waals surface area contributed by atoms with Gasteiger partial charge in [-0.15, -0.1) is 5.54 Å². The van der Waals surface area contributed by atoms with Crippen LogP contribution in [0.5, 0.6) is 0 Å². The number of hydrogen-bond donors (Lipinski definition) is 2. The van der Waals surface area contributed by atoms with E-state index in [2.05, 4.69) is 143 Å². The molecule has 2 aromatic heterocycles. The van der Waals surface area contributed by atoms with Crippen LogP contribution in [0.4, 0.5) is 5.95 Å². The second-order valence-electron chi connectivity index (χ2n) is 20.4. The number of rotatable bonds is 10. The van der Waals surface area contributed by atoms with Crippen molar-refractivity contribution in [2.45, 2.75) is 175 Å². The molecule has 0 unspecified atom stereocenters. The Kier molecular flexibility index (Phi) is 12.8. The molecule has 1 aliphatic heterocycles. The van der Waals surface area contributed by atoms with Crippen molar-refractivity contribution in [2.24, 2.45) is 5.92 Å². The Hall–Kier alpha value is -1.91. The molecule has 0 spiro atoms. The van der Waals surface area contributed by atoms with Crippen LogP contribution < -0.4 is 10.9 Å². The highest BCUT2D eigenvalue weighted by atomic mass is 28.4. The first-order valence-corrected chi connectivity index (χ1v) is 30.9. The molecule has 3 rings (SSSR count). The van der Waals surface area contributed by atoms with Crippen LogP contribution in [-0.4, -0.2) is 83.4 Å². The molecule has 1 fully saturated rings. The van der Waals surface area contributed by atoms with Gasteiger partial charge in [-0.1, -0.05) is 95.8 Å². The third-order valence-electron chi connectivity index (χ3n) is 11.3. The van der Waals surface area contributed by atoms with Crippen LogP contribution in [0.2, 0.25) is 74.0 Å². The quantitative estimate of drug-likeness (QED) is 0.181. The summed E-state index contributed by atoms with van der Waals surface area (Å²) in [6.45, 7) is 43.8. The van der Waals surface area contributed by atoms with Crippen molar-refractivity contribution in [3.05, 3.63) is 16.2 Å². The summed E-state index contributed by atoms with van der Waals surface area (Å²) in [5.74, 6) is 3.12. The fourth-order valence-corrected chi connectivity index (χ4v) is 8.84. The van der Waals surface area contributed by atoms with Gasteiger partial charge in [-0.05, 0) is 60.3 Å². The highest BCUT2D eigenvalue weighted by Crippen LogP contribution is 2.47. The summed E-state index contributed by atoms with van der Waals surface area (Å²) in [5, 5.41) is 2.53. The van der Waals surface area contributed by atoms with Gasteiger partial charge in [0.15, 0.2) is 48.2 Å². The van der Waals surface area contributed by atoms with Gasteiger partial charge in [-0.2, -0.15) is 4.98 Å². The molecule has 1 saturated heterocycles. The lowest BCUT2D eigenvalue weighted by Crippen LogP contribution is -2.54. The van der Waals surface area contributed by atoms with Crippen molar-refractivity contribution in [1.29, 1.82) is 0 Å². The standard InChI is InChI=1S/C37H69N5O6Si4/c1-24(2)31(43)40-34-39-30-27(32(44)41-34)38-26(21-22-49(12,13)14)42(30)33-29(48-52(19,20)37(9,10)11)28(47-51(17,18)36(6,7)8)25(46-33)23-45-50(15,16)35(3,4)5/h24-25,28-29,33H,23H2,1-20H3,(H2,39,40,41,43,44)/t25-,28-,29-,33-/m1/s1. The summed E-state index contributed by atoms with van der Waals surface area (Å²) < 4.78 is 30.6. The molecule has 294 valence electrons. The minimum absolute atomic E-state index is 0.0141. The Morgan fingerprint density at radius 1 is 0.846 bits per heavy atom. The third kappa shape index (κ3) is 10.0. The normalized spacial score (nSPS) is 21.1. The number of aromatic amines is 1. The number of nitrogens with one attached hydrogen (secondary N) is 2. The minimum atomic E-state index is -2.48. The van der Waals surface area contributed by atoms with E-state index in [-0.39, 0.29) is 44.1 Å². The summed E-state index contributed by atoms with van der Waals surface area (Å²) in [6.07, 6.45) is -2.42. The summed E-state index contributed by atoms with van der Waals surface area (Å²) in [7, 11) is -8.99. The number of amides is 1. The first kappa shape index (κ1) is 44.5. The van der Waals surface area contributed by atoms with Crippen molar-refractivity contribution in [3.8, 4) is 11.5 Å². The Bertz CT molecular complexity index is 1730. The summed E-state index contributed by atoms with van der Waals surface area (Å²) in [6, 6.07) is 0. The van der Waals surface area contributed by atoms with Crippen molar-refractivity contribution in [2.75, 3.05) is 11.9 Å². The van der Waals surface area contributed by atoms with E-state index in [1.165, 1.54) is 0 Å². The fourth-order valence-electron chi connectivity index (χ4n) is 4.74. The molecule has 0 saturated carbocycles. The number of carbonyl (C=O) groups is 1. The first-order valence-electron chi connectivity index (χ1n) is 18.7. The maximum Gasteiger partial charge on any atom is 0.280 e. The van der Waals surface area contributed by atoms with Crippen molar-refractivity contribution in [1.82, 2.24) is 19.5 Å². The molecule has 0 aromatic carbocycles. The van der Waals surface area contributed by atoms with Crippen molar-refractivity contribution in [3.63, 3.8) is 0 Å². The number of aromatic nitrogens is 4. The Labute approximate surface area is 317 Å². The SMILES string of the molecule is CC(C)C(=O)Nc1nc2c(nc(C#C[Si](C)(C)C)n2[C@@H]2O[C@H](CO[Si](C)(C)C(C)(C)C)[C@@H](O[Si](C)(C)C(C)(C)C)[C@H]2O[Si](C)(C)C(C)(C)C)c(=O)[nH]1. The van der Waals surface area contributed by atoms with E-state index in [9.17, 15) is 9.59 Å². The Morgan fingerprint density at radius 3 is 1.81 bits per heavy atom. The highest BCUT2D eigenvalue weighted by molar-refractivity contribution is 6.84. The molecule has 2 aromatic rings. The predicted octanol–water partition coefficient (Wildman–Crippen LogP) is 8.64. The maximum atomic E-state index is 13.6. The van der Waals surface area contributed by atoms with Crippen LogP contribution in [0.1, 0.15) is 88.2 Å². The lowest BCUT2D eigenvalue weighted by atomic mass is 10.1. The van der Waals surface area contributed by atoms with Crippen LogP contribution in [0.3, 0.4) is 0 Å². The van der Waals surface area contributed by atoms with E-state index in [4.69, 9.17) is 28.0 Å². The zero-order valence-corrected chi connectivity index (χ0v) is 39.9. The van der Waals surface area contributed by atoms with Gasteiger partial charge < -0.3 is 18.0 Å². The van der Waals surface area contributed by atoms with Crippen LogP contribution >= 0.6 is 0 Å². The van der Waals surface area contributed by atoms with Crippen LogP contribution in [0.25, 0.3) is 11.2 Å². The van der Waals surface area contributed by atoms with E-state index < -0.39 is 63.1 Å². The molecular formula is C37H69N5O6Si4. The molecule has 2 N–H and O–H groups in total. The fraction of sp³-hybridized carbons (Fsp3) is 0.784. The van der Waals surface area contributed by atoms with Crippen molar-refractivity contribution < 1.29 is 22.8 Å². The third-order valence-corrected chi connectivity index (χ3v) is 25.6. The van der Waals surface area contributed by atoms with Gasteiger partial charge in [0.25, 0.3) is 5.56 Å². The lowest BCUT2D eigenvalue weighted by Gasteiger charge is -2.44. The van der Waals surface area contributed by atoms with Gasteiger partial charge in [0, 0.05) is 5.92 Å². The predicted molar refractivity (Wildman–Crippen MR) is 223 cm³/mol. The van der Waals surface area contributed by atoms with Gasteiger partial charge in [-0.3, -0.25) is 24.5 Å². The topological polar surface area (TPSA) is 130 Å². The van der Waals surface area contributed by atoms with E-state index in [0.717, 1.165) is 0 Å². The molecule has 15 heteroatoms. The second kappa shape index (κ2) is 15.0. The van der Waals surface area contributed by atoms with Crippen LogP contribution in [-0.2, 0) is 22.8 Å². The van der Waals surface area contributed by atoms with Crippen LogP contribution in [0.15, 0.2) is 4.79 Å². The Balaban J connectivity index is 2.43. The molecule has 3 heterocycles. The number of imidazole rings is 1. The van der Waals surface area contributed by atoms with Gasteiger partial charge in [0.05, 0.1) is 6.61 Å². The highest BCUT2D eigenvalue weighted by Gasteiger charge is 2.55. The number of nitrogens with zero attached hydrogens (tertiary/aromatic N) is 3. The summed E-state index contributed by atoms with van der Waals surface area (Å²) >= 11 is 0. The largest absolute Gasteiger partial charge is 0.414 e. The average molecular weight is 792 g/mol. The molecular weight excluding hydrogens is 723 g/mol. The first-order chi connectivity index (χ1) is 23.2. The summed E-state index contributed by atoms with van der Waals surface area (Å²) in [5.41, 5.74) is 3.33. The zero-order valence-electron chi connectivity index (χ0n) is 35.9. The molecule has 1 amide bonds. The zero-order chi connectivity index (χ0) is 40.2. The van der Waals surface area contributed by atoms with Gasteiger partial charge in [0.1, 0.15) is 26.4 Å². The van der Waals surface area contributed by atoms with Gasteiger partial charge in [0.2, 0.25) is 11.9 Å². The van der Waals surface area contributed by atoms with Crippen LogP contribution in [0, 0.1) is 17.4 Å². The van der Waals surface area contributed by atoms with E-state index in [1.54, 1.807) is 13.8 Å². The average Bonchev–Trinajstić information content (AvgIpc) is 3.45. The maximum absolute atomic E-state index is 13.6. The number of anilines is 1. The summed E-state index contributed by atoms with van der Waals surface area (Å²) in [4.78, 5) is 38.7. The number of carbonyl (C=O) groups excluding carboxylic acids is 1. The van der Waals surface area contributed by atoms with E-state index in [0.29, 0.717) is 12.4 Å². The minimum Gasteiger partial charge on any atom is -0.414 e. The smallest absolute Gasteiger partial charge is 0.280 e. The van der Waals surface area contributed by atoms with E-state index in [1.807, 2.05) is 4.57 Å². The Morgan fingerprint density at radius 2 is 1.35 bits per heavy atom. The molecule has 52 heavy (non-hydrogen) atoms. The molecule has 0 aliphatic carbocycles. The molecule has 11 nitrogen and oxygen atoms in total. The molecule has 4 atom stereocenters. The number of fused-ring (bicyclic) bond motifs is 1. The molecule has 1 aliphatic rings.